The number of benzene rings is 1. The Labute approximate surface area is 104 Å². The third-order valence-electron chi connectivity index (χ3n) is 1.63. The van der Waals surface area contributed by atoms with Gasteiger partial charge in [0, 0.05) is 5.03 Å². The molecule has 0 spiro atoms. The Morgan fingerprint density at radius 2 is 1.94 bits per heavy atom. The first-order valence-corrected chi connectivity index (χ1v) is 6.36. The maximum Gasteiger partial charge on any atom is 0.421 e. The SMILES string of the molecule is C=C(Cl)COC(=O)NS(=O)(=O)c1ccccc1. The highest BCUT2D eigenvalue weighted by molar-refractivity contribution is 7.90. The highest BCUT2D eigenvalue weighted by atomic mass is 35.5. The van der Waals surface area contributed by atoms with Gasteiger partial charge in [-0.25, -0.2) is 17.9 Å². The molecule has 0 aliphatic carbocycles. The maximum atomic E-state index is 11.6. The molecule has 1 amide bonds. The van der Waals surface area contributed by atoms with Gasteiger partial charge in [-0.05, 0) is 12.1 Å². The summed E-state index contributed by atoms with van der Waals surface area (Å²) in [5, 5.41) is 0.0947. The standard InChI is InChI=1S/C10H10ClNO4S/c1-8(11)7-16-10(13)12-17(14,15)9-5-3-2-4-6-9/h2-6H,1,7H2,(H,12,13). The smallest absolute Gasteiger partial charge is 0.421 e. The Bertz CT molecular complexity index is 512. The number of carbonyl (C=O) groups excluding carboxylic acids is 1. The van der Waals surface area contributed by atoms with E-state index in [9.17, 15) is 13.2 Å². The first kappa shape index (κ1) is 13.5. The Morgan fingerprint density at radius 1 is 1.35 bits per heavy atom. The lowest BCUT2D eigenvalue weighted by Crippen LogP contribution is -2.31. The minimum atomic E-state index is -3.90. The van der Waals surface area contributed by atoms with Crippen LogP contribution in [0.1, 0.15) is 0 Å². The number of amides is 1. The van der Waals surface area contributed by atoms with Gasteiger partial charge in [-0.2, -0.15) is 0 Å². The zero-order valence-electron chi connectivity index (χ0n) is 8.72. The number of nitrogens with one attached hydrogen (secondary N) is 1. The van der Waals surface area contributed by atoms with Gasteiger partial charge in [-0.3, -0.25) is 0 Å². The quantitative estimate of drug-likeness (QED) is 0.910. The molecule has 0 aromatic heterocycles. The summed E-state index contributed by atoms with van der Waals surface area (Å²) in [4.78, 5) is 11.1. The fourth-order valence-corrected chi connectivity index (χ4v) is 1.91. The number of carbonyl (C=O) groups is 1. The fourth-order valence-electron chi connectivity index (χ4n) is 0.942. The highest BCUT2D eigenvalue weighted by Crippen LogP contribution is 2.07. The minimum Gasteiger partial charge on any atom is -0.443 e. The number of sulfonamides is 1. The van der Waals surface area contributed by atoms with Gasteiger partial charge in [0.2, 0.25) is 0 Å². The van der Waals surface area contributed by atoms with Crippen molar-refractivity contribution in [1.29, 1.82) is 0 Å². The van der Waals surface area contributed by atoms with Gasteiger partial charge in [-0.1, -0.05) is 36.4 Å². The fraction of sp³-hybridized carbons (Fsp3) is 0.100. The van der Waals surface area contributed by atoms with Crippen LogP contribution in [-0.4, -0.2) is 21.1 Å². The van der Waals surface area contributed by atoms with Gasteiger partial charge < -0.3 is 4.74 Å². The summed E-state index contributed by atoms with van der Waals surface area (Å²) in [5.41, 5.74) is 0. The first-order chi connectivity index (χ1) is 7.92. The van der Waals surface area contributed by atoms with Crippen molar-refractivity contribution in [2.45, 2.75) is 4.90 Å². The largest absolute Gasteiger partial charge is 0.443 e. The molecule has 92 valence electrons. The van der Waals surface area contributed by atoms with Crippen molar-refractivity contribution in [2.24, 2.45) is 0 Å². The van der Waals surface area contributed by atoms with Crippen LogP contribution in [0, 0.1) is 0 Å². The summed E-state index contributed by atoms with van der Waals surface area (Å²) in [7, 11) is -3.90. The summed E-state index contributed by atoms with van der Waals surface area (Å²) in [5.74, 6) is 0. The van der Waals surface area contributed by atoms with Crippen LogP contribution in [0.2, 0.25) is 0 Å². The molecule has 0 unspecified atom stereocenters. The third-order valence-corrected chi connectivity index (χ3v) is 3.07. The van der Waals surface area contributed by atoms with Crippen molar-refractivity contribution in [1.82, 2.24) is 4.72 Å². The van der Waals surface area contributed by atoms with Crippen LogP contribution >= 0.6 is 11.6 Å². The lowest BCUT2D eigenvalue weighted by molar-refractivity contribution is 0.164. The maximum absolute atomic E-state index is 11.6. The molecule has 1 rings (SSSR count). The molecule has 0 bridgehead atoms. The number of rotatable bonds is 4. The number of ether oxygens (including phenoxy) is 1. The van der Waals surface area contributed by atoms with E-state index in [-0.39, 0.29) is 16.5 Å². The van der Waals surface area contributed by atoms with Gasteiger partial charge in [0.25, 0.3) is 10.0 Å². The Kier molecular flexibility index (Phi) is 4.53. The summed E-state index contributed by atoms with van der Waals surface area (Å²) >= 11 is 5.36. The normalized spacial score (nSPS) is 10.6. The topological polar surface area (TPSA) is 72.5 Å². The molecular formula is C10H10ClNO4S. The van der Waals surface area contributed by atoms with Gasteiger partial charge in [0.15, 0.2) is 0 Å². The van der Waals surface area contributed by atoms with Gasteiger partial charge in [0.05, 0.1) is 4.90 Å². The van der Waals surface area contributed by atoms with E-state index in [1.165, 1.54) is 12.1 Å². The molecule has 0 aliphatic rings. The second-order valence-corrected chi connectivity index (χ2v) is 5.23. The van der Waals surface area contributed by atoms with Crippen LogP contribution in [0.3, 0.4) is 0 Å². The van der Waals surface area contributed by atoms with Crippen molar-refractivity contribution in [2.75, 3.05) is 6.61 Å². The molecule has 0 aliphatic heterocycles. The van der Waals surface area contributed by atoms with Crippen molar-refractivity contribution in [3.63, 3.8) is 0 Å². The van der Waals surface area contributed by atoms with Crippen LogP contribution in [0.4, 0.5) is 4.79 Å². The Hall–Kier alpha value is -1.53. The number of hydrogen-bond donors (Lipinski definition) is 1. The van der Waals surface area contributed by atoms with Crippen LogP contribution in [-0.2, 0) is 14.8 Å². The molecule has 1 N–H and O–H groups in total. The Balaban J connectivity index is 2.68. The van der Waals surface area contributed by atoms with E-state index in [2.05, 4.69) is 11.3 Å². The van der Waals surface area contributed by atoms with Crippen molar-refractivity contribution >= 4 is 27.7 Å². The van der Waals surface area contributed by atoms with Crippen LogP contribution in [0.5, 0.6) is 0 Å². The zero-order valence-corrected chi connectivity index (χ0v) is 10.3. The van der Waals surface area contributed by atoms with E-state index in [0.29, 0.717) is 0 Å². The molecule has 1 aromatic rings. The second kappa shape index (κ2) is 5.70. The second-order valence-electron chi connectivity index (χ2n) is 3.01. The molecule has 0 atom stereocenters. The van der Waals surface area contributed by atoms with Crippen LogP contribution in [0.25, 0.3) is 0 Å². The van der Waals surface area contributed by atoms with Crippen molar-refractivity contribution in [3.8, 4) is 0 Å². The van der Waals surface area contributed by atoms with E-state index in [1.54, 1.807) is 22.9 Å². The van der Waals surface area contributed by atoms with Gasteiger partial charge in [0.1, 0.15) is 6.61 Å². The average Bonchev–Trinajstić information content (AvgIpc) is 2.27. The molecular weight excluding hydrogens is 266 g/mol. The molecule has 1 aromatic carbocycles. The molecule has 0 saturated heterocycles. The van der Waals surface area contributed by atoms with Crippen LogP contribution in [0.15, 0.2) is 46.8 Å². The Morgan fingerprint density at radius 3 is 2.47 bits per heavy atom. The molecule has 0 saturated carbocycles. The molecule has 0 radical (unpaired) electrons. The summed E-state index contributed by atoms with van der Waals surface area (Å²) in [6.07, 6.45) is -1.10. The number of halogens is 1. The summed E-state index contributed by atoms with van der Waals surface area (Å²) in [6, 6.07) is 7.46. The van der Waals surface area contributed by atoms with E-state index >= 15 is 0 Å². The molecule has 17 heavy (non-hydrogen) atoms. The first-order valence-electron chi connectivity index (χ1n) is 4.50. The molecule has 5 nitrogen and oxygen atoms in total. The van der Waals surface area contributed by atoms with E-state index in [4.69, 9.17) is 11.6 Å². The third kappa shape index (κ3) is 4.46. The molecule has 7 heteroatoms. The highest BCUT2D eigenvalue weighted by Gasteiger charge is 2.17. The number of hydrogen-bond acceptors (Lipinski definition) is 4. The lowest BCUT2D eigenvalue weighted by atomic mass is 10.4. The van der Waals surface area contributed by atoms with Crippen molar-refractivity contribution in [3.05, 3.63) is 41.9 Å². The average molecular weight is 276 g/mol. The predicted octanol–water partition coefficient (Wildman–Crippen LogP) is 1.85. The summed E-state index contributed by atoms with van der Waals surface area (Å²) < 4.78 is 29.5. The zero-order chi connectivity index (χ0) is 12.9. The minimum absolute atomic E-state index is 0.0262. The van der Waals surface area contributed by atoms with E-state index < -0.39 is 16.1 Å². The van der Waals surface area contributed by atoms with Gasteiger partial charge >= 0.3 is 6.09 Å². The van der Waals surface area contributed by atoms with Crippen molar-refractivity contribution < 1.29 is 17.9 Å². The summed E-state index contributed by atoms with van der Waals surface area (Å²) in [6.45, 7) is 3.04. The lowest BCUT2D eigenvalue weighted by Gasteiger charge is -2.07. The predicted molar refractivity (Wildman–Crippen MR) is 63.1 cm³/mol. The molecule has 0 fully saturated rings. The van der Waals surface area contributed by atoms with E-state index in [1.807, 2.05) is 0 Å². The van der Waals surface area contributed by atoms with Crippen LogP contribution < -0.4 is 4.72 Å². The molecule has 0 heterocycles. The monoisotopic (exact) mass is 275 g/mol. The van der Waals surface area contributed by atoms with Gasteiger partial charge in [-0.15, -0.1) is 0 Å². The van der Waals surface area contributed by atoms with E-state index in [0.717, 1.165) is 0 Å².